The Labute approximate surface area is 172 Å². The van der Waals surface area contributed by atoms with Gasteiger partial charge < -0.3 is 10.0 Å². The standard InChI is InChI=1S/C22H23FN4O3/c1-13-7-8-27(18-5-3-16(23)4-6-18)22(30)20(13)21(29)26-11-15(19(28)12-26)10-17-9-14(2)24-25-17/h3-9,15,19,28H,10-12H2,1-2H3,(H,24,25)/t15-,19+/m1/s1. The van der Waals surface area contributed by atoms with Crippen LogP contribution >= 0.6 is 0 Å². The lowest BCUT2D eigenvalue weighted by Crippen LogP contribution is -2.36. The summed E-state index contributed by atoms with van der Waals surface area (Å²) in [5, 5.41) is 17.5. The Hall–Kier alpha value is -3.26. The molecule has 1 fully saturated rings. The Balaban J connectivity index is 1.59. The molecule has 2 aromatic heterocycles. The number of nitrogens with one attached hydrogen (secondary N) is 1. The maximum Gasteiger partial charge on any atom is 0.268 e. The van der Waals surface area contributed by atoms with Gasteiger partial charge in [0, 0.05) is 36.6 Å². The zero-order valence-corrected chi connectivity index (χ0v) is 16.8. The number of likely N-dealkylation sites (tertiary alicyclic amines) is 1. The van der Waals surface area contributed by atoms with E-state index in [-0.39, 0.29) is 18.0 Å². The minimum absolute atomic E-state index is 0.0605. The summed E-state index contributed by atoms with van der Waals surface area (Å²) in [6, 6.07) is 9.11. The summed E-state index contributed by atoms with van der Waals surface area (Å²) in [6.45, 7) is 4.12. The number of aromatic nitrogens is 3. The molecule has 1 aromatic carbocycles. The summed E-state index contributed by atoms with van der Waals surface area (Å²) in [6.07, 6.45) is 1.43. The summed E-state index contributed by atoms with van der Waals surface area (Å²) in [4.78, 5) is 27.8. The van der Waals surface area contributed by atoms with Gasteiger partial charge in [-0.3, -0.25) is 19.3 Å². The second-order valence-corrected chi connectivity index (χ2v) is 7.81. The highest BCUT2D eigenvalue weighted by Crippen LogP contribution is 2.23. The number of pyridine rings is 1. The fraction of sp³-hybridized carbons (Fsp3) is 0.318. The smallest absolute Gasteiger partial charge is 0.268 e. The molecular formula is C22H23FN4O3. The number of amides is 1. The van der Waals surface area contributed by atoms with Crippen molar-refractivity contribution >= 4 is 5.91 Å². The number of carbonyl (C=O) groups is 1. The van der Waals surface area contributed by atoms with Crippen LogP contribution in [0, 0.1) is 25.6 Å². The maximum atomic E-state index is 13.2. The molecule has 8 heteroatoms. The molecule has 4 rings (SSSR count). The molecule has 156 valence electrons. The number of aliphatic hydroxyl groups excluding tert-OH is 1. The van der Waals surface area contributed by atoms with Crippen LogP contribution in [0.15, 0.2) is 47.4 Å². The molecule has 0 aliphatic carbocycles. The minimum atomic E-state index is -0.686. The number of aromatic amines is 1. The highest BCUT2D eigenvalue weighted by molar-refractivity contribution is 5.95. The second kappa shape index (κ2) is 7.87. The summed E-state index contributed by atoms with van der Waals surface area (Å²) >= 11 is 0. The van der Waals surface area contributed by atoms with E-state index in [1.54, 1.807) is 19.2 Å². The Morgan fingerprint density at radius 2 is 1.97 bits per heavy atom. The van der Waals surface area contributed by atoms with Crippen LogP contribution in [0.25, 0.3) is 5.69 Å². The van der Waals surface area contributed by atoms with Crippen LogP contribution in [0.4, 0.5) is 4.39 Å². The number of β-amino-alcohol motifs (C(OH)–C–C–N with tert-alkyl or cyclic N) is 1. The number of carbonyl (C=O) groups excluding carboxylic acids is 1. The van der Waals surface area contributed by atoms with Crippen molar-refractivity contribution in [2.45, 2.75) is 26.4 Å². The summed E-state index contributed by atoms with van der Waals surface area (Å²) in [5.74, 6) is -0.965. The Bertz CT molecular complexity index is 1140. The van der Waals surface area contributed by atoms with Crippen molar-refractivity contribution in [3.63, 3.8) is 0 Å². The van der Waals surface area contributed by atoms with E-state index in [9.17, 15) is 19.1 Å². The quantitative estimate of drug-likeness (QED) is 0.688. The molecule has 2 atom stereocenters. The predicted molar refractivity (Wildman–Crippen MR) is 109 cm³/mol. The maximum absolute atomic E-state index is 13.2. The van der Waals surface area contributed by atoms with Gasteiger partial charge in [-0.2, -0.15) is 5.10 Å². The van der Waals surface area contributed by atoms with E-state index in [0.29, 0.717) is 24.2 Å². The topological polar surface area (TPSA) is 91.2 Å². The number of nitrogens with zero attached hydrogens (tertiary/aromatic N) is 3. The van der Waals surface area contributed by atoms with Crippen LogP contribution in [-0.2, 0) is 6.42 Å². The van der Waals surface area contributed by atoms with Crippen LogP contribution < -0.4 is 5.56 Å². The van der Waals surface area contributed by atoms with Crippen LogP contribution in [0.1, 0.15) is 27.3 Å². The zero-order chi connectivity index (χ0) is 21.4. The first-order valence-corrected chi connectivity index (χ1v) is 9.80. The van der Waals surface area contributed by atoms with Gasteiger partial charge in [0.1, 0.15) is 11.4 Å². The van der Waals surface area contributed by atoms with Gasteiger partial charge in [0.05, 0.1) is 11.8 Å². The predicted octanol–water partition coefficient (Wildman–Crippen LogP) is 1.99. The highest BCUT2D eigenvalue weighted by Gasteiger charge is 2.36. The van der Waals surface area contributed by atoms with E-state index in [2.05, 4.69) is 10.2 Å². The van der Waals surface area contributed by atoms with Gasteiger partial charge in [-0.25, -0.2) is 4.39 Å². The first-order chi connectivity index (χ1) is 14.3. The van der Waals surface area contributed by atoms with Crippen LogP contribution in [0.5, 0.6) is 0 Å². The Kier molecular flexibility index (Phi) is 5.26. The molecule has 0 radical (unpaired) electrons. The van der Waals surface area contributed by atoms with E-state index in [0.717, 1.165) is 11.4 Å². The molecule has 7 nitrogen and oxygen atoms in total. The SMILES string of the molecule is Cc1cc(C[C@@H]2CN(C(=O)c3c(C)ccn(-c4ccc(F)cc4)c3=O)C[C@@H]2O)n[nH]1. The molecule has 1 saturated heterocycles. The van der Waals surface area contributed by atoms with Gasteiger partial charge in [-0.1, -0.05) is 0 Å². The van der Waals surface area contributed by atoms with Crippen LogP contribution in [0.2, 0.25) is 0 Å². The molecule has 3 aromatic rings. The van der Waals surface area contributed by atoms with Crippen molar-refractivity contribution in [2.24, 2.45) is 5.92 Å². The monoisotopic (exact) mass is 410 g/mol. The number of halogens is 1. The first kappa shape index (κ1) is 20.0. The fourth-order valence-electron chi connectivity index (χ4n) is 3.92. The minimum Gasteiger partial charge on any atom is -0.391 e. The van der Waals surface area contributed by atoms with Gasteiger partial charge in [0.2, 0.25) is 0 Å². The van der Waals surface area contributed by atoms with Crippen molar-refractivity contribution in [3.05, 3.63) is 81.3 Å². The third-order valence-electron chi connectivity index (χ3n) is 5.54. The molecule has 1 aliphatic heterocycles. The van der Waals surface area contributed by atoms with E-state index >= 15 is 0 Å². The van der Waals surface area contributed by atoms with Gasteiger partial charge in [-0.05, 0) is 62.2 Å². The highest BCUT2D eigenvalue weighted by atomic mass is 19.1. The molecule has 0 unspecified atom stereocenters. The average molecular weight is 410 g/mol. The second-order valence-electron chi connectivity index (χ2n) is 7.81. The van der Waals surface area contributed by atoms with Gasteiger partial charge in [-0.15, -0.1) is 0 Å². The largest absolute Gasteiger partial charge is 0.391 e. The molecule has 30 heavy (non-hydrogen) atoms. The molecule has 2 N–H and O–H groups in total. The molecule has 1 aliphatic rings. The lowest BCUT2D eigenvalue weighted by Gasteiger charge is -2.18. The Morgan fingerprint density at radius 3 is 2.63 bits per heavy atom. The molecular weight excluding hydrogens is 387 g/mol. The number of aliphatic hydroxyl groups is 1. The molecule has 0 bridgehead atoms. The van der Waals surface area contributed by atoms with Crippen LogP contribution in [0.3, 0.4) is 0 Å². The van der Waals surface area contributed by atoms with Gasteiger partial charge >= 0.3 is 0 Å². The average Bonchev–Trinajstić information content (AvgIpc) is 3.28. The number of benzene rings is 1. The summed E-state index contributed by atoms with van der Waals surface area (Å²) in [7, 11) is 0. The lowest BCUT2D eigenvalue weighted by molar-refractivity contribution is 0.0761. The fourth-order valence-corrected chi connectivity index (χ4v) is 3.92. The number of rotatable bonds is 4. The van der Waals surface area contributed by atoms with Crippen molar-refractivity contribution in [1.29, 1.82) is 0 Å². The molecule has 1 amide bonds. The first-order valence-electron chi connectivity index (χ1n) is 9.80. The molecule has 0 saturated carbocycles. The molecule has 0 spiro atoms. The van der Waals surface area contributed by atoms with Gasteiger partial charge in [0.25, 0.3) is 11.5 Å². The number of hydrogen-bond donors (Lipinski definition) is 2. The van der Waals surface area contributed by atoms with E-state index in [1.165, 1.54) is 33.7 Å². The Morgan fingerprint density at radius 1 is 1.23 bits per heavy atom. The summed E-state index contributed by atoms with van der Waals surface area (Å²) < 4.78 is 14.6. The van der Waals surface area contributed by atoms with Crippen molar-refractivity contribution < 1.29 is 14.3 Å². The van der Waals surface area contributed by atoms with Gasteiger partial charge in [0.15, 0.2) is 0 Å². The third kappa shape index (κ3) is 3.78. The lowest BCUT2D eigenvalue weighted by atomic mass is 10.00. The van der Waals surface area contributed by atoms with E-state index < -0.39 is 23.4 Å². The zero-order valence-electron chi connectivity index (χ0n) is 16.8. The van der Waals surface area contributed by atoms with Crippen molar-refractivity contribution in [1.82, 2.24) is 19.7 Å². The van der Waals surface area contributed by atoms with Crippen molar-refractivity contribution in [2.75, 3.05) is 13.1 Å². The normalized spacial score (nSPS) is 18.7. The number of hydrogen-bond acceptors (Lipinski definition) is 4. The van der Waals surface area contributed by atoms with Crippen LogP contribution in [-0.4, -0.2) is 49.9 Å². The third-order valence-corrected chi connectivity index (χ3v) is 5.54. The van der Waals surface area contributed by atoms with E-state index in [4.69, 9.17) is 0 Å². The molecule has 3 heterocycles. The number of H-pyrrole nitrogens is 1. The van der Waals surface area contributed by atoms with Crippen molar-refractivity contribution in [3.8, 4) is 5.69 Å². The summed E-state index contributed by atoms with van der Waals surface area (Å²) in [5.41, 5.74) is 2.40. The number of aryl methyl sites for hydroxylation is 2. The van der Waals surface area contributed by atoms with E-state index in [1.807, 2.05) is 13.0 Å².